The summed E-state index contributed by atoms with van der Waals surface area (Å²) in [7, 11) is -9.91. The second-order valence-electron chi connectivity index (χ2n) is 28.4. The van der Waals surface area contributed by atoms with E-state index in [-0.39, 0.29) is 25.7 Å². The van der Waals surface area contributed by atoms with E-state index in [2.05, 4.69) is 55.4 Å². The van der Waals surface area contributed by atoms with Gasteiger partial charge in [0.1, 0.15) is 19.3 Å². The Kier molecular flexibility index (Phi) is 62.2. The van der Waals surface area contributed by atoms with Gasteiger partial charge in [0, 0.05) is 25.7 Å². The highest BCUT2D eigenvalue weighted by Crippen LogP contribution is 2.45. The molecule has 3 unspecified atom stereocenters. The molecule has 0 bridgehead atoms. The largest absolute Gasteiger partial charge is 0.472 e. The number of esters is 4. The van der Waals surface area contributed by atoms with Crippen molar-refractivity contribution in [2.24, 2.45) is 23.7 Å². The second kappa shape index (κ2) is 63.5. The van der Waals surface area contributed by atoms with Gasteiger partial charge in [0.15, 0.2) is 12.2 Å². The summed E-state index contributed by atoms with van der Waals surface area (Å²) >= 11 is 0. The lowest BCUT2D eigenvalue weighted by Crippen LogP contribution is -2.30. The van der Waals surface area contributed by atoms with Crippen LogP contribution < -0.4 is 0 Å². The summed E-state index contributed by atoms with van der Waals surface area (Å²) in [6.45, 7) is 14.1. The van der Waals surface area contributed by atoms with E-state index < -0.39 is 97.5 Å². The third-order valence-corrected chi connectivity index (χ3v) is 19.3. The lowest BCUT2D eigenvalue weighted by Gasteiger charge is -2.21. The number of phosphoric ester groups is 2. The van der Waals surface area contributed by atoms with Gasteiger partial charge in [-0.2, -0.15) is 0 Å². The quantitative estimate of drug-likeness (QED) is 0.0222. The molecule has 0 fully saturated rings. The van der Waals surface area contributed by atoms with Gasteiger partial charge >= 0.3 is 39.5 Å². The van der Waals surface area contributed by atoms with Gasteiger partial charge in [-0.1, -0.05) is 319 Å². The average molecular weight is 1370 g/mol. The zero-order valence-electron chi connectivity index (χ0n) is 60.9. The fourth-order valence-electron chi connectivity index (χ4n) is 11.2. The van der Waals surface area contributed by atoms with Crippen LogP contribution in [0.2, 0.25) is 0 Å². The number of hydrogen-bond donors (Lipinski definition) is 3. The molecule has 0 saturated heterocycles. The first-order valence-electron chi connectivity index (χ1n) is 38.2. The van der Waals surface area contributed by atoms with E-state index in [9.17, 15) is 43.2 Å². The van der Waals surface area contributed by atoms with Crippen LogP contribution in [0, 0.1) is 23.7 Å². The molecule has 19 heteroatoms. The Labute approximate surface area is 568 Å². The van der Waals surface area contributed by atoms with Crippen molar-refractivity contribution in [3.8, 4) is 0 Å². The Balaban J connectivity index is 5.22. The van der Waals surface area contributed by atoms with Crippen LogP contribution in [0.3, 0.4) is 0 Å². The van der Waals surface area contributed by atoms with Gasteiger partial charge in [-0.15, -0.1) is 0 Å². The molecule has 93 heavy (non-hydrogen) atoms. The van der Waals surface area contributed by atoms with Crippen LogP contribution in [0.4, 0.5) is 0 Å². The van der Waals surface area contributed by atoms with Crippen LogP contribution in [0.5, 0.6) is 0 Å². The number of carbonyl (C=O) groups excluding carboxylic acids is 4. The SMILES string of the molecule is CCC(C)CCCCCCCCCCCCCCCCC(=O)O[C@H](COC(=O)CCCCCCCCC(C)C)COP(=O)(O)OC[C@H](O)COP(=O)(O)OC[C@@H](COC(=O)CCCCCCCCCCC(C)C)OC(=O)CCCCCCCCCCCCCCC(C)C. The van der Waals surface area contributed by atoms with Crippen molar-refractivity contribution in [3.63, 3.8) is 0 Å². The van der Waals surface area contributed by atoms with E-state index in [1.807, 2.05) is 0 Å². The minimum Gasteiger partial charge on any atom is -0.462 e. The van der Waals surface area contributed by atoms with Gasteiger partial charge in [-0.3, -0.25) is 37.3 Å². The fourth-order valence-corrected chi connectivity index (χ4v) is 12.7. The number of aliphatic hydroxyl groups excluding tert-OH is 1. The Morgan fingerprint density at radius 3 is 0.763 bits per heavy atom. The van der Waals surface area contributed by atoms with E-state index in [0.717, 1.165) is 114 Å². The maximum Gasteiger partial charge on any atom is 0.472 e. The summed E-state index contributed by atoms with van der Waals surface area (Å²) in [5.74, 6) is 0.902. The summed E-state index contributed by atoms with van der Waals surface area (Å²) < 4.78 is 68.4. The molecule has 6 atom stereocenters. The predicted molar refractivity (Wildman–Crippen MR) is 377 cm³/mol. The zero-order chi connectivity index (χ0) is 68.9. The van der Waals surface area contributed by atoms with E-state index in [0.29, 0.717) is 31.6 Å². The molecule has 0 radical (unpaired) electrons. The van der Waals surface area contributed by atoms with Crippen molar-refractivity contribution in [1.82, 2.24) is 0 Å². The van der Waals surface area contributed by atoms with Crippen molar-refractivity contribution in [3.05, 3.63) is 0 Å². The number of rotatable bonds is 71. The van der Waals surface area contributed by atoms with Crippen LogP contribution in [-0.4, -0.2) is 96.7 Å². The average Bonchev–Trinajstić information content (AvgIpc) is 1.82. The second-order valence-corrected chi connectivity index (χ2v) is 31.3. The molecule has 3 N–H and O–H groups in total. The molecular formula is C74H144O17P2. The highest BCUT2D eigenvalue weighted by molar-refractivity contribution is 7.47. The maximum absolute atomic E-state index is 13.0. The fraction of sp³-hybridized carbons (Fsp3) is 0.946. The molecular weight excluding hydrogens is 1220 g/mol. The third kappa shape index (κ3) is 67.0. The molecule has 0 saturated carbocycles. The lowest BCUT2D eigenvalue weighted by atomic mass is 9.99. The topological polar surface area (TPSA) is 237 Å². The van der Waals surface area contributed by atoms with Crippen LogP contribution in [0.25, 0.3) is 0 Å². The normalized spacial score (nSPS) is 14.5. The number of phosphoric acid groups is 2. The van der Waals surface area contributed by atoms with E-state index in [4.69, 9.17) is 37.0 Å². The van der Waals surface area contributed by atoms with Crippen LogP contribution in [-0.2, 0) is 65.4 Å². The van der Waals surface area contributed by atoms with E-state index in [1.165, 1.54) is 167 Å². The van der Waals surface area contributed by atoms with Crippen molar-refractivity contribution >= 4 is 39.5 Å². The van der Waals surface area contributed by atoms with Gasteiger partial charge in [0.05, 0.1) is 26.4 Å². The molecule has 0 aromatic heterocycles. The minimum atomic E-state index is -4.95. The highest BCUT2D eigenvalue weighted by Gasteiger charge is 2.30. The number of ether oxygens (including phenoxy) is 4. The van der Waals surface area contributed by atoms with Crippen molar-refractivity contribution in [1.29, 1.82) is 0 Å². The number of aliphatic hydroxyl groups is 1. The molecule has 0 rings (SSSR count). The standard InChI is InChI=1S/C74H144O17P2/c1-9-67(8)53-45-37-28-21-17-12-10-11-13-18-22-30-40-48-56-74(79)91-70(61-85-72(77)55-47-39-33-32-36-44-52-66(6)7)63-89-93(82,83)87-59-68(75)58-86-92(80,81)88-62-69(60-84-71(76)54-46-38-29-25-24-27-35-43-51-65(4)5)90-73(78)57-49-41-31-23-19-15-14-16-20-26-34-42-50-64(2)3/h64-70,75H,9-63H2,1-8H3,(H,80,81)(H,82,83)/t67?,68-,69-,70-/m1/s1. The van der Waals surface area contributed by atoms with Crippen molar-refractivity contribution in [2.45, 2.75) is 388 Å². The van der Waals surface area contributed by atoms with Gasteiger partial charge in [0.2, 0.25) is 0 Å². The molecule has 0 amide bonds. The molecule has 552 valence electrons. The number of carbonyl (C=O) groups is 4. The molecule has 0 heterocycles. The minimum absolute atomic E-state index is 0.106. The van der Waals surface area contributed by atoms with Gasteiger partial charge < -0.3 is 33.8 Å². The predicted octanol–water partition coefficient (Wildman–Crippen LogP) is 21.3. The summed E-state index contributed by atoms with van der Waals surface area (Å²) in [6.07, 6.45) is 47.3. The summed E-state index contributed by atoms with van der Waals surface area (Å²) in [5, 5.41) is 10.6. The van der Waals surface area contributed by atoms with Crippen LogP contribution >= 0.6 is 15.6 Å². The van der Waals surface area contributed by atoms with Crippen LogP contribution in [0.15, 0.2) is 0 Å². The Hall–Kier alpha value is -1.94. The van der Waals surface area contributed by atoms with Gasteiger partial charge in [0.25, 0.3) is 0 Å². The molecule has 0 aliphatic heterocycles. The summed E-state index contributed by atoms with van der Waals surface area (Å²) in [4.78, 5) is 72.7. The molecule has 0 aromatic carbocycles. The van der Waals surface area contributed by atoms with Crippen LogP contribution in [0.1, 0.15) is 370 Å². The monoisotopic (exact) mass is 1370 g/mol. The van der Waals surface area contributed by atoms with Crippen molar-refractivity contribution < 1.29 is 80.2 Å². The first kappa shape index (κ1) is 91.1. The van der Waals surface area contributed by atoms with E-state index in [1.54, 1.807) is 0 Å². The van der Waals surface area contributed by atoms with Crippen molar-refractivity contribution in [2.75, 3.05) is 39.6 Å². The summed E-state index contributed by atoms with van der Waals surface area (Å²) in [5.41, 5.74) is 0. The number of hydrogen-bond acceptors (Lipinski definition) is 15. The molecule has 0 spiro atoms. The van der Waals surface area contributed by atoms with Gasteiger partial charge in [-0.25, -0.2) is 9.13 Å². The lowest BCUT2D eigenvalue weighted by molar-refractivity contribution is -0.161. The Morgan fingerprint density at radius 1 is 0.301 bits per heavy atom. The molecule has 17 nitrogen and oxygen atoms in total. The highest BCUT2D eigenvalue weighted by atomic mass is 31.2. The third-order valence-electron chi connectivity index (χ3n) is 17.4. The molecule has 0 aromatic rings. The molecule has 0 aliphatic rings. The zero-order valence-corrected chi connectivity index (χ0v) is 62.7. The smallest absolute Gasteiger partial charge is 0.462 e. The maximum atomic E-state index is 13.0. The first-order chi connectivity index (χ1) is 44.6. The summed E-state index contributed by atoms with van der Waals surface area (Å²) in [6, 6.07) is 0. The molecule has 0 aliphatic carbocycles. The van der Waals surface area contributed by atoms with E-state index >= 15 is 0 Å². The Morgan fingerprint density at radius 2 is 0.516 bits per heavy atom. The number of unbranched alkanes of at least 4 members (excludes halogenated alkanes) is 36. The van der Waals surface area contributed by atoms with Gasteiger partial charge in [-0.05, 0) is 49.4 Å². The Bertz CT molecular complexity index is 1840. The first-order valence-corrected chi connectivity index (χ1v) is 41.2.